The van der Waals surface area contributed by atoms with Gasteiger partial charge in [-0.15, -0.1) is 5.10 Å². The van der Waals surface area contributed by atoms with Crippen LogP contribution >= 0.6 is 0 Å². The fourth-order valence-corrected chi connectivity index (χ4v) is 1.34. The Morgan fingerprint density at radius 1 is 1.57 bits per heavy atom. The van der Waals surface area contributed by atoms with E-state index in [1.54, 1.807) is 4.68 Å². The van der Waals surface area contributed by atoms with Crippen molar-refractivity contribution >= 4 is 0 Å². The highest BCUT2D eigenvalue weighted by molar-refractivity contribution is 4.91. The molecule has 1 N–H and O–H groups in total. The fourth-order valence-electron chi connectivity index (χ4n) is 1.34. The van der Waals surface area contributed by atoms with Gasteiger partial charge in [0.25, 0.3) is 0 Å². The molecule has 0 radical (unpaired) electrons. The molecule has 0 bridgehead atoms. The van der Waals surface area contributed by atoms with Crippen LogP contribution in [-0.4, -0.2) is 44.7 Å². The molecule has 0 saturated heterocycles. The second kappa shape index (κ2) is 5.72. The van der Waals surface area contributed by atoms with Gasteiger partial charge >= 0.3 is 0 Å². The number of aliphatic hydroxyl groups excluding tert-OH is 1. The number of rotatable bonds is 6. The molecule has 0 aliphatic rings. The minimum absolute atomic E-state index is 0.247. The van der Waals surface area contributed by atoms with E-state index in [9.17, 15) is 0 Å². The first-order valence-electron chi connectivity index (χ1n) is 4.94. The Kier molecular flexibility index (Phi) is 4.55. The Hall–Kier alpha value is -0.940. The average molecular weight is 198 g/mol. The van der Waals surface area contributed by atoms with Gasteiger partial charge in [0.2, 0.25) is 0 Å². The summed E-state index contributed by atoms with van der Waals surface area (Å²) in [5, 5.41) is 16.6. The second-order valence-corrected chi connectivity index (χ2v) is 3.33. The van der Waals surface area contributed by atoms with E-state index in [-0.39, 0.29) is 6.61 Å². The molecule has 0 aromatic carbocycles. The minimum Gasteiger partial charge on any atom is -0.396 e. The molecule has 0 fully saturated rings. The van der Waals surface area contributed by atoms with Crippen molar-refractivity contribution in [3.63, 3.8) is 0 Å². The quantitative estimate of drug-likeness (QED) is 0.700. The summed E-state index contributed by atoms with van der Waals surface area (Å²) < 4.78 is 1.70. The van der Waals surface area contributed by atoms with Crippen LogP contribution in [-0.2, 0) is 13.6 Å². The SMILES string of the molecule is CCN(CCCO)Cc1cn(C)nn1. The lowest BCUT2D eigenvalue weighted by Gasteiger charge is -2.17. The van der Waals surface area contributed by atoms with Crippen LogP contribution < -0.4 is 0 Å². The van der Waals surface area contributed by atoms with Crippen molar-refractivity contribution in [1.82, 2.24) is 19.9 Å². The molecule has 0 saturated carbocycles. The summed E-state index contributed by atoms with van der Waals surface area (Å²) in [6.07, 6.45) is 2.73. The fraction of sp³-hybridized carbons (Fsp3) is 0.778. The van der Waals surface area contributed by atoms with Gasteiger partial charge in [-0.25, -0.2) is 0 Å². The third kappa shape index (κ3) is 3.43. The summed E-state index contributed by atoms with van der Waals surface area (Å²) in [7, 11) is 1.86. The van der Waals surface area contributed by atoms with E-state index < -0.39 is 0 Å². The van der Waals surface area contributed by atoms with Crippen LogP contribution in [0.3, 0.4) is 0 Å². The Morgan fingerprint density at radius 3 is 2.86 bits per heavy atom. The van der Waals surface area contributed by atoms with E-state index in [1.807, 2.05) is 13.2 Å². The summed E-state index contributed by atoms with van der Waals surface area (Å²) in [5.41, 5.74) is 0.979. The predicted octanol–water partition coefficient (Wildman–Crippen LogP) is 0.0194. The highest BCUT2D eigenvalue weighted by Gasteiger charge is 2.05. The molecule has 1 rings (SSSR count). The van der Waals surface area contributed by atoms with E-state index in [2.05, 4.69) is 22.1 Å². The maximum atomic E-state index is 8.72. The van der Waals surface area contributed by atoms with Gasteiger partial charge in [0.05, 0.1) is 5.69 Å². The first-order valence-corrected chi connectivity index (χ1v) is 4.94. The number of nitrogens with zero attached hydrogens (tertiary/aromatic N) is 4. The highest BCUT2D eigenvalue weighted by atomic mass is 16.3. The van der Waals surface area contributed by atoms with Crippen molar-refractivity contribution in [3.05, 3.63) is 11.9 Å². The van der Waals surface area contributed by atoms with Crippen molar-refractivity contribution < 1.29 is 5.11 Å². The Bertz CT molecular complexity index is 261. The molecule has 1 aromatic heterocycles. The van der Waals surface area contributed by atoms with Gasteiger partial charge in [-0.1, -0.05) is 12.1 Å². The monoisotopic (exact) mass is 198 g/mol. The predicted molar refractivity (Wildman–Crippen MR) is 53.7 cm³/mol. The van der Waals surface area contributed by atoms with Crippen molar-refractivity contribution in [3.8, 4) is 0 Å². The van der Waals surface area contributed by atoms with Gasteiger partial charge in [-0.05, 0) is 13.0 Å². The lowest BCUT2D eigenvalue weighted by atomic mass is 10.3. The van der Waals surface area contributed by atoms with Crippen molar-refractivity contribution in [2.75, 3.05) is 19.7 Å². The molecule has 1 aromatic rings. The lowest BCUT2D eigenvalue weighted by molar-refractivity contribution is 0.224. The summed E-state index contributed by atoms with van der Waals surface area (Å²) in [5.74, 6) is 0. The number of hydrogen-bond acceptors (Lipinski definition) is 4. The normalized spacial score (nSPS) is 11.1. The topological polar surface area (TPSA) is 54.2 Å². The number of aryl methyl sites for hydroxylation is 1. The maximum Gasteiger partial charge on any atom is 0.0966 e. The first kappa shape index (κ1) is 11.1. The van der Waals surface area contributed by atoms with Gasteiger partial charge in [0.1, 0.15) is 0 Å². The van der Waals surface area contributed by atoms with E-state index in [0.29, 0.717) is 0 Å². The largest absolute Gasteiger partial charge is 0.396 e. The van der Waals surface area contributed by atoms with Gasteiger partial charge in [-0.3, -0.25) is 9.58 Å². The van der Waals surface area contributed by atoms with Crippen molar-refractivity contribution in [2.24, 2.45) is 7.05 Å². The molecule has 0 spiro atoms. The lowest BCUT2D eigenvalue weighted by Crippen LogP contribution is -2.24. The molecular formula is C9H18N4O. The minimum atomic E-state index is 0.247. The van der Waals surface area contributed by atoms with E-state index in [0.717, 1.165) is 31.7 Å². The van der Waals surface area contributed by atoms with E-state index >= 15 is 0 Å². The van der Waals surface area contributed by atoms with Crippen LogP contribution in [0.2, 0.25) is 0 Å². The molecule has 5 heteroatoms. The zero-order valence-electron chi connectivity index (χ0n) is 8.85. The summed E-state index contributed by atoms with van der Waals surface area (Å²) >= 11 is 0. The Labute approximate surface area is 84.3 Å². The third-order valence-corrected chi connectivity index (χ3v) is 2.12. The standard InChI is InChI=1S/C9H18N4O/c1-3-13(5-4-6-14)8-9-7-12(2)11-10-9/h7,14H,3-6,8H2,1-2H3. The van der Waals surface area contributed by atoms with Crippen LogP contribution in [0, 0.1) is 0 Å². The number of aliphatic hydroxyl groups is 1. The number of hydrogen-bond donors (Lipinski definition) is 1. The maximum absolute atomic E-state index is 8.72. The Balaban J connectivity index is 2.40. The molecule has 0 unspecified atom stereocenters. The van der Waals surface area contributed by atoms with Crippen LogP contribution in [0.1, 0.15) is 19.0 Å². The molecule has 1 heterocycles. The third-order valence-electron chi connectivity index (χ3n) is 2.12. The summed E-state index contributed by atoms with van der Waals surface area (Å²) in [6, 6.07) is 0. The zero-order valence-corrected chi connectivity index (χ0v) is 8.85. The van der Waals surface area contributed by atoms with Gasteiger partial charge in [0.15, 0.2) is 0 Å². The van der Waals surface area contributed by atoms with Crippen LogP contribution in [0.15, 0.2) is 6.20 Å². The van der Waals surface area contributed by atoms with E-state index in [4.69, 9.17) is 5.11 Å². The smallest absolute Gasteiger partial charge is 0.0966 e. The van der Waals surface area contributed by atoms with E-state index in [1.165, 1.54) is 0 Å². The van der Waals surface area contributed by atoms with Crippen LogP contribution in [0.4, 0.5) is 0 Å². The molecule has 0 aliphatic heterocycles. The van der Waals surface area contributed by atoms with Gasteiger partial charge < -0.3 is 5.11 Å². The second-order valence-electron chi connectivity index (χ2n) is 3.33. The Morgan fingerprint density at radius 2 is 2.36 bits per heavy atom. The first-order chi connectivity index (χ1) is 6.76. The average Bonchev–Trinajstić information content (AvgIpc) is 2.58. The number of aromatic nitrogens is 3. The molecule has 0 aliphatic carbocycles. The van der Waals surface area contributed by atoms with Crippen LogP contribution in [0.5, 0.6) is 0 Å². The molecule has 14 heavy (non-hydrogen) atoms. The molecule has 5 nitrogen and oxygen atoms in total. The summed E-state index contributed by atoms with van der Waals surface area (Å²) in [4.78, 5) is 2.24. The highest BCUT2D eigenvalue weighted by Crippen LogP contribution is 2.00. The molecule has 80 valence electrons. The van der Waals surface area contributed by atoms with Crippen LogP contribution in [0.25, 0.3) is 0 Å². The summed E-state index contributed by atoms with van der Waals surface area (Å²) in [6.45, 7) is 5.04. The molecule has 0 atom stereocenters. The molecular weight excluding hydrogens is 180 g/mol. The molecule has 0 amide bonds. The van der Waals surface area contributed by atoms with Gasteiger partial charge in [0, 0.05) is 32.9 Å². The van der Waals surface area contributed by atoms with Crippen molar-refractivity contribution in [2.45, 2.75) is 19.9 Å². The van der Waals surface area contributed by atoms with Gasteiger partial charge in [-0.2, -0.15) is 0 Å². The zero-order chi connectivity index (χ0) is 10.4. The van der Waals surface area contributed by atoms with Crippen molar-refractivity contribution in [1.29, 1.82) is 0 Å².